The summed E-state index contributed by atoms with van der Waals surface area (Å²) in [6.07, 6.45) is 4.00. The highest BCUT2D eigenvalue weighted by Crippen LogP contribution is 2.22. The lowest BCUT2D eigenvalue weighted by molar-refractivity contribution is 0.280. The van der Waals surface area contributed by atoms with E-state index in [1.165, 1.54) is 5.56 Å². The summed E-state index contributed by atoms with van der Waals surface area (Å²) < 4.78 is 7.65. The van der Waals surface area contributed by atoms with Gasteiger partial charge in [-0.1, -0.05) is 23.8 Å². The van der Waals surface area contributed by atoms with Crippen molar-refractivity contribution in [3.63, 3.8) is 0 Å². The standard InChI is InChI=1S/C19H24N4O/c1-15-7-6-8-16(13-15)17-14-20-18-9-10-19(21-23(17)18)24-12-5-4-11-22(2)3/h6-10,13-14H,4-5,11-12H2,1-3H3. The SMILES string of the molecule is Cc1cccc(-c2cnc3ccc(OCCCCN(C)C)nn23)c1. The first-order valence-electron chi connectivity index (χ1n) is 8.33. The first kappa shape index (κ1) is 16.5. The summed E-state index contributed by atoms with van der Waals surface area (Å²) in [6.45, 7) is 3.85. The molecule has 0 radical (unpaired) electrons. The van der Waals surface area contributed by atoms with Crippen molar-refractivity contribution in [3.05, 3.63) is 48.2 Å². The van der Waals surface area contributed by atoms with Gasteiger partial charge in [-0.05, 0) is 52.5 Å². The molecule has 0 unspecified atom stereocenters. The fraction of sp³-hybridized carbons (Fsp3) is 0.368. The molecular formula is C19H24N4O. The number of hydrogen-bond acceptors (Lipinski definition) is 4. The maximum absolute atomic E-state index is 5.80. The maximum atomic E-state index is 5.80. The zero-order valence-electron chi connectivity index (χ0n) is 14.6. The van der Waals surface area contributed by atoms with Crippen LogP contribution >= 0.6 is 0 Å². The van der Waals surface area contributed by atoms with Gasteiger partial charge in [-0.15, -0.1) is 5.10 Å². The van der Waals surface area contributed by atoms with Crippen molar-refractivity contribution >= 4 is 5.65 Å². The minimum absolute atomic E-state index is 0.638. The number of aromatic nitrogens is 3. The van der Waals surface area contributed by atoms with Gasteiger partial charge in [0.25, 0.3) is 0 Å². The number of imidazole rings is 1. The highest BCUT2D eigenvalue weighted by Gasteiger charge is 2.08. The van der Waals surface area contributed by atoms with Gasteiger partial charge in [0.2, 0.25) is 5.88 Å². The van der Waals surface area contributed by atoms with E-state index in [1.807, 2.05) is 22.8 Å². The van der Waals surface area contributed by atoms with Gasteiger partial charge in [0, 0.05) is 11.6 Å². The van der Waals surface area contributed by atoms with Gasteiger partial charge in [-0.3, -0.25) is 0 Å². The van der Waals surface area contributed by atoms with Gasteiger partial charge in [0.05, 0.1) is 18.5 Å². The van der Waals surface area contributed by atoms with Crippen LogP contribution in [-0.2, 0) is 0 Å². The Hall–Kier alpha value is -2.40. The Labute approximate surface area is 142 Å². The zero-order valence-corrected chi connectivity index (χ0v) is 14.6. The van der Waals surface area contributed by atoms with E-state index in [-0.39, 0.29) is 0 Å². The average Bonchev–Trinajstić information content (AvgIpc) is 2.97. The lowest BCUT2D eigenvalue weighted by Crippen LogP contribution is -2.14. The van der Waals surface area contributed by atoms with Crippen LogP contribution in [0.2, 0.25) is 0 Å². The Balaban J connectivity index is 1.74. The number of nitrogens with zero attached hydrogens (tertiary/aromatic N) is 4. The van der Waals surface area contributed by atoms with Crippen LogP contribution < -0.4 is 4.74 Å². The fourth-order valence-electron chi connectivity index (χ4n) is 2.64. The van der Waals surface area contributed by atoms with Gasteiger partial charge in [0.15, 0.2) is 5.65 Å². The van der Waals surface area contributed by atoms with E-state index in [4.69, 9.17) is 4.74 Å². The molecule has 0 aliphatic carbocycles. The molecule has 1 aromatic carbocycles. The molecule has 0 N–H and O–H groups in total. The van der Waals surface area contributed by atoms with Crippen molar-refractivity contribution < 1.29 is 4.74 Å². The molecule has 5 nitrogen and oxygen atoms in total. The molecule has 5 heteroatoms. The van der Waals surface area contributed by atoms with Crippen molar-refractivity contribution in [1.82, 2.24) is 19.5 Å². The molecule has 0 fully saturated rings. The number of hydrogen-bond donors (Lipinski definition) is 0. The van der Waals surface area contributed by atoms with Crippen LogP contribution in [0.3, 0.4) is 0 Å². The highest BCUT2D eigenvalue weighted by atomic mass is 16.5. The first-order chi connectivity index (χ1) is 11.6. The molecule has 3 aromatic rings. The quantitative estimate of drug-likeness (QED) is 0.625. The predicted octanol–water partition coefficient (Wildman–Crippen LogP) is 3.43. The smallest absolute Gasteiger partial charge is 0.231 e. The van der Waals surface area contributed by atoms with Gasteiger partial charge < -0.3 is 9.64 Å². The maximum Gasteiger partial charge on any atom is 0.231 e. The second-order valence-corrected chi connectivity index (χ2v) is 6.31. The molecule has 0 spiro atoms. The summed E-state index contributed by atoms with van der Waals surface area (Å²) in [6, 6.07) is 12.2. The summed E-state index contributed by atoms with van der Waals surface area (Å²) in [5.74, 6) is 0.638. The van der Waals surface area contributed by atoms with E-state index in [0.29, 0.717) is 12.5 Å². The van der Waals surface area contributed by atoms with Gasteiger partial charge >= 0.3 is 0 Å². The highest BCUT2D eigenvalue weighted by molar-refractivity contribution is 5.63. The third kappa shape index (κ3) is 3.92. The van der Waals surface area contributed by atoms with Gasteiger partial charge in [-0.2, -0.15) is 0 Å². The van der Waals surface area contributed by atoms with Crippen molar-refractivity contribution in [2.45, 2.75) is 19.8 Å². The third-order valence-corrected chi connectivity index (χ3v) is 3.90. The van der Waals surface area contributed by atoms with Gasteiger partial charge in [0.1, 0.15) is 0 Å². The van der Waals surface area contributed by atoms with Gasteiger partial charge in [-0.25, -0.2) is 9.50 Å². The lowest BCUT2D eigenvalue weighted by atomic mass is 10.1. The van der Waals surface area contributed by atoms with Crippen LogP contribution in [0.25, 0.3) is 16.9 Å². The molecule has 3 rings (SSSR count). The van der Waals surface area contributed by atoms with E-state index in [2.05, 4.69) is 60.3 Å². The van der Waals surface area contributed by atoms with E-state index in [0.717, 1.165) is 36.3 Å². The molecule has 0 aliphatic rings. The number of fused-ring (bicyclic) bond motifs is 1. The summed E-state index contributed by atoms with van der Waals surface area (Å²) in [5.41, 5.74) is 4.13. The third-order valence-electron chi connectivity index (χ3n) is 3.90. The van der Waals surface area contributed by atoms with Crippen LogP contribution in [-0.4, -0.2) is 46.7 Å². The monoisotopic (exact) mass is 324 g/mol. The first-order valence-corrected chi connectivity index (χ1v) is 8.33. The van der Waals surface area contributed by atoms with Crippen LogP contribution in [0.1, 0.15) is 18.4 Å². The normalized spacial score (nSPS) is 11.3. The molecule has 2 heterocycles. The Morgan fingerprint density at radius 2 is 2.00 bits per heavy atom. The Morgan fingerprint density at radius 1 is 1.12 bits per heavy atom. The molecule has 0 bridgehead atoms. The second-order valence-electron chi connectivity index (χ2n) is 6.31. The van der Waals surface area contributed by atoms with Crippen molar-refractivity contribution in [3.8, 4) is 17.1 Å². The minimum Gasteiger partial charge on any atom is -0.477 e. The minimum atomic E-state index is 0.638. The molecule has 0 amide bonds. The number of aryl methyl sites for hydroxylation is 1. The Morgan fingerprint density at radius 3 is 2.79 bits per heavy atom. The summed E-state index contributed by atoms with van der Waals surface area (Å²) >= 11 is 0. The topological polar surface area (TPSA) is 42.7 Å². The Kier molecular flexibility index (Phi) is 5.11. The van der Waals surface area contributed by atoms with Crippen molar-refractivity contribution in [2.24, 2.45) is 0 Å². The van der Waals surface area contributed by atoms with Crippen LogP contribution in [0.15, 0.2) is 42.6 Å². The molecule has 24 heavy (non-hydrogen) atoms. The average molecular weight is 324 g/mol. The molecule has 0 aliphatic heterocycles. The zero-order chi connectivity index (χ0) is 16.9. The summed E-state index contributed by atoms with van der Waals surface area (Å²) in [7, 11) is 4.17. The van der Waals surface area contributed by atoms with E-state index in [9.17, 15) is 0 Å². The molecular weight excluding hydrogens is 300 g/mol. The van der Waals surface area contributed by atoms with Crippen LogP contribution in [0.4, 0.5) is 0 Å². The lowest BCUT2D eigenvalue weighted by Gasteiger charge is -2.10. The molecule has 0 saturated carbocycles. The largest absolute Gasteiger partial charge is 0.477 e. The van der Waals surface area contributed by atoms with E-state index in [1.54, 1.807) is 0 Å². The number of unbranched alkanes of at least 4 members (excludes halogenated alkanes) is 1. The predicted molar refractivity (Wildman–Crippen MR) is 96.4 cm³/mol. The summed E-state index contributed by atoms with van der Waals surface area (Å²) in [5, 5.41) is 4.60. The molecule has 126 valence electrons. The number of ether oxygens (including phenoxy) is 1. The second kappa shape index (κ2) is 7.45. The number of benzene rings is 1. The van der Waals surface area contributed by atoms with Crippen molar-refractivity contribution in [2.75, 3.05) is 27.2 Å². The summed E-state index contributed by atoms with van der Waals surface area (Å²) in [4.78, 5) is 6.62. The fourth-order valence-corrected chi connectivity index (χ4v) is 2.64. The van der Waals surface area contributed by atoms with E-state index >= 15 is 0 Å². The van der Waals surface area contributed by atoms with E-state index < -0.39 is 0 Å². The van der Waals surface area contributed by atoms with Crippen LogP contribution in [0, 0.1) is 6.92 Å². The van der Waals surface area contributed by atoms with Crippen molar-refractivity contribution in [1.29, 1.82) is 0 Å². The number of rotatable bonds is 7. The molecule has 0 saturated heterocycles. The molecule has 2 aromatic heterocycles. The Bertz CT molecular complexity index is 810. The molecule has 0 atom stereocenters. The van der Waals surface area contributed by atoms with Crippen LogP contribution in [0.5, 0.6) is 5.88 Å².